The second kappa shape index (κ2) is 8.60. The molecule has 1 amide bonds. The number of aliphatic hydroxyl groups excluding tert-OH is 1. The summed E-state index contributed by atoms with van der Waals surface area (Å²) in [6.45, 7) is 0.378. The van der Waals surface area contributed by atoms with Gasteiger partial charge in [0.15, 0.2) is 11.3 Å². The van der Waals surface area contributed by atoms with Crippen molar-refractivity contribution in [2.24, 2.45) is 0 Å². The van der Waals surface area contributed by atoms with Crippen molar-refractivity contribution in [3.63, 3.8) is 0 Å². The monoisotopic (exact) mass is 462 g/mol. The fraction of sp³-hybridized carbons (Fsp3) is 0.429. The number of amides is 1. The van der Waals surface area contributed by atoms with Crippen LogP contribution in [0.5, 0.6) is 0 Å². The van der Waals surface area contributed by atoms with Gasteiger partial charge in [0, 0.05) is 19.1 Å². The fourth-order valence-corrected chi connectivity index (χ4v) is 4.42. The highest BCUT2D eigenvalue weighted by Crippen LogP contribution is 2.36. The molecule has 0 unspecified atom stereocenters. The van der Waals surface area contributed by atoms with Crippen molar-refractivity contribution in [3.05, 3.63) is 47.4 Å². The fourth-order valence-electron chi connectivity index (χ4n) is 4.42. The molecule has 0 spiro atoms. The second-order valence-corrected chi connectivity index (χ2v) is 8.21. The molecule has 0 aliphatic carbocycles. The minimum absolute atomic E-state index is 0.0503. The summed E-state index contributed by atoms with van der Waals surface area (Å²) in [6, 6.07) is 1.69. The molecule has 174 valence electrons. The molecule has 2 aliphatic heterocycles. The van der Waals surface area contributed by atoms with Crippen LogP contribution in [0, 0.1) is 11.6 Å². The lowest BCUT2D eigenvalue weighted by Crippen LogP contribution is -2.42. The van der Waals surface area contributed by atoms with Crippen molar-refractivity contribution in [1.29, 1.82) is 0 Å². The summed E-state index contributed by atoms with van der Waals surface area (Å²) in [5.74, 6) is -1.95. The number of aliphatic hydroxyl groups is 1. The number of H-pyrrole nitrogens is 1. The van der Waals surface area contributed by atoms with Crippen LogP contribution in [-0.2, 0) is 4.74 Å². The Kier molecular flexibility index (Phi) is 5.62. The van der Waals surface area contributed by atoms with Gasteiger partial charge in [0.2, 0.25) is 0 Å². The number of fused-ring (bicyclic) bond motifs is 1. The van der Waals surface area contributed by atoms with Gasteiger partial charge in [0.1, 0.15) is 30.0 Å². The molecule has 4 heterocycles. The number of hydrogen-bond acceptors (Lipinski definition) is 7. The first-order chi connectivity index (χ1) is 15.9. The molecule has 2 fully saturated rings. The Morgan fingerprint density at radius 3 is 2.79 bits per heavy atom. The number of benzene rings is 1. The Labute approximate surface area is 186 Å². The number of alkyl halides is 1. The number of anilines is 1. The Morgan fingerprint density at radius 2 is 2.03 bits per heavy atom. The van der Waals surface area contributed by atoms with Crippen molar-refractivity contribution in [3.8, 4) is 0 Å². The van der Waals surface area contributed by atoms with Crippen molar-refractivity contribution < 1.29 is 27.8 Å². The zero-order chi connectivity index (χ0) is 23.1. The predicted octanol–water partition coefficient (Wildman–Crippen LogP) is 2.12. The molecule has 2 aliphatic rings. The van der Waals surface area contributed by atoms with Crippen LogP contribution in [0.4, 0.5) is 19.0 Å². The van der Waals surface area contributed by atoms with Crippen LogP contribution in [-0.4, -0.2) is 74.2 Å². The average Bonchev–Trinajstić information content (AvgIpc) is 3.39. The summed E-state index contributed by atoms with van der Waals surface area (Å²) < 4.78 is 47.2. The number of aromatic nitrogens is 4. The number of likely N-dealkylation sites (tertiary alicyclic amines) is 1. The van der Waals surface area contributed by atoms with Crippen molar-refractivity contribution in [2.45, 2.75) is 37.2 Å². The Bertz CT molecular complexity index is 1170. The molecular formula is C21H21F3N6O3. The van der Waals surface area contributed by atoms with Gasteiger partial charge >= 0.3 is 0 Å². The molecule has 5 rings (SSSR count). The van der Waals surface area contributed by atoms with E-state index in [4.69, 9.17) is 4.74 Å². The van der Waals surface area contributed by atoms with Gasteiger partial charge < -0.3 is 20.1 Å². The Morgan fingerprint density at radius 1 is 1.24 bits per heavy atom. The normalized spacial score (nSPS) is 25.5. The van der Waals surface area contributed by atoms with Crippen LogP contribution in [0.2, 0.25) is 0 Å². The smallest absolute Gasteiger partial charge is 0.275 e. The Hall–Kier alpha value is -3.25. The number of halogens is 3. The number of rotatable bonds is 4. The first-order valence-electron chi connectivity index (χ1n) is 10.5. The van der Waals surface area contributed by atoms with Gasteiger partial charge in [-0.2, -0.15) is 5.10 Å². The molecular weight excluding hydrogens is 441 g/mol. The minimum atomic E-state index is -1.36. The molecule has 9 nitrogen and oxygen atoms in total. The molecule has 0 radical (unpaired) electrons. The number of nitrogens with zero attached hydrogens (tertiary/aromatic N) is 4. The molecule has 3 N–H and O–H groups in total. The van der Waals surface area contributed by atoms with Crippen LogP contribution in [0.1, 0.15) is 34.9 Å². The number of hydrogen-bond donors (Lipinski definition) is 3. The molecule has 0 bridgehead atoms. The lowest BCUT2D eigenvalue weighted by atomic mass is 10.0. The lowest BCUT2D eigenvalue weighted by molar-refractivity contribution is -0.0135. The molecule has 33 heavy (non-hydrogen) atoms. The van der Waals surface area contributed by atoms with Crippen LogP contribution in [0.25, 0.3) is 11.0 Å². The molecule has 0 saturated carbocycles. The highest BCUT2D eigenvalue weighted by Gasteiger charge is 2.39. The van der Waals surface area contributed by atoms with E-state index in [1.807, 2.05) is 0 Å². The minimum Gasteiger partial charge on any atom is -0.389 e. The number of carbonyl (C=O) groups excluding carboxylic acids is 1. The molecule has 2 aromatic heterocycles. The summed E-state index contributed by atoms with van der Waals surface area (Å²) in [5, 5.41) is 20.4. The van der Waals surface area contributed by atoms with Crippen LogP contribution in [0.3, 0.4) is 0 Å². The van der Waals surface area contributed by atoms with Crippen LogP contribution < -0.4 is 5.32 Å². The van der Waals surface area contributed by atoms with Crippen molar-refractivity contribution >= 4 is 22.8 Å². The van der Waals surface area contributed by atoms with Crippen molar-refractivity contribution in [2.75, 3.05) is 25.1 Å². The number of ether oxygens (including phenoxy) is 1. The van der Waals surface area contributed by atoms with Gasteiger partial charge in [-0.25, -0.2) is 23.1 Å². The zero-order valence-corrected chi connectivity index (χ0v) is 17.3. The van der Waals surface area contributed by atoms with E-state index >= 15 is 0 Å². The maximum Gasteiger partial charge on any atom is 0.275 e. The highest BCUT2D eigenvalue weighted by molar-refractivity contribution is 6.07. The second-order valence-electron chi connectivity index (χ2n) is 8.21. The molecule has 12 heteroatoms. The first kappa shape index (κ1) is 21.6. The SMILES string of the molecule is O=C(c1n[nH]c2ncnc(N[C@@H]3CCOC[C@H]3O)c12)N1C[C@@H](F)C[C@@H]1c1cc(F)cc(F)c1. The Balaban J connectivity index is 1.50. The third-order valence-corrected chi connectivity index (χ3v) is 5.99. The van der Waals surface area contributed by atoms with Gasteiger partial charge in [-0.1, -0.05) is 0 Å². The lowest BCUT2D eigenvalue weighted by Gasteiger charge is -2.29. The molecule has 1 aromatic carbocycles. The van der Waals surface area contributed by atoms with E-state index in [0.717, 1.165) is 18.2 Å². The third kappa shape index (κ3) is 4.11. The standard InChI is InChI=1S/C21H21F3N6O3/c22-11-3-10(4-12(23)5-11)15-6-13(24)7-30(15)21(32)18-17-19(25-9-26-20(17)29-28-18)27-14-1-2-33-8-16(14)31/h3-5,9,13-16,31H,1-2,6-8H2,(H2,25,26,27,28,29)/t13-,14+,15+,16+/m0/s1. The number of aromatic amines is 1. The first-order valence-corrected chi connectivity index (χ1v) is 10.5. The quantitative estimate of drug-likeness (QED) is 0.544. The van der Waals surface area contributed by atoms with Crippen LogP contribution >= 0.6 is 0 Å². The summed E-state index contributed by atoms with van der Waals surface area (Å²) in [6.07, 6.45) is -0.410. The summed E-state index contributed by atoms with van der Waals surface area (Å²) in [5.41, 5.74) is 0.396. The summed E-state index contributed by atoms with van der Waals surface area (Å²) in [4.78, 5) is 23.0. The third-order valence-electron chi connectivity index (χ3n) is 5.99. The van der Waals surface area contributed by atoms with E-state index in [9.17, 15) is 23.1 Å². The molecule has 2 saturated heterocycles. The van der Waals surface area contributed by atoms with E-state index in [1.165, 1.54) is 11.2 Å². The van der Waals surface area contributed by atoms with E-state index in [2.05, 4.69) is 25.5 Å². The van der Waals surface area contributed by atoms with Crippen LogP contribution in [0.15, 0.2) is 24.5 Å². The van der Waals surface area contributed by atoms with Gasteiger partial charge in [0.05, 0.1) is 36.7 Å². The maximum absolute atomic E-state index is 14.4. The van der Waals surface area contributed by atoms with E-state index in [-0.39, 0.29) is 53.7 Å². The van der Waals surface area contributed by atoms with Gasteiger partial charge in [-0.15, -0.1) is 0 Å². The largest absolute Gasteiger partial charge is 0.389 e. The van der Waals surface area contributed by atoms with E-state index in [1.54, 1.807) is 0 Å². The number of nitrogens with one attached hydrogen (secondary N) is 2. The summed E-state index contributed by atoms with van der Waals surface area (Å²) in [7, 11) is 0. The van der Waals surface area contributed by atoms with Gasteiger partial charge in [-0.3, -0.25) is 9.89 Å². The predicted molar refractivity (Wildman–Crippen MR) is 110 cm³/mol. The van der Waals surface area contributed by atoms with Gasteiger partial charge in [0.25, 0.3) is 5.91 Å². The van der Waals surface area contributed by atoms with Crippen molar-refractivity contribution in [1.82, 2.24) is 25.1 Å². The van der Waals surface area contributed by atoms with E-state index in [0.29, 0.717) is 13.0 Å². The molecule has 3 aromatic rings. The maximum atomic E-state index is 14.4. The topological polar surface area (TPSA) is 116 Å². The van der Waals surface area contributed by atoms with E-state index < -0.39 is 35.9 Å². The van der Waals surface area contributed by atoms with Gasteiger partial charge in [-0.05, 0) is 24.1 Å². The number of carbonyl (C=O) groups is 1. The average molecular weight is 462 g/mol. The summed E-state index contributed by atoms with van der Waals surface area (Å²) >= 11 is 0. The highest BCUT2D eigenvalue weighted by atomic mass is 19.1. The zero-order valence-electron chi connectivity index (χ0n) is 17.3. The molecule has 4 atom stereocenters.